The van der Waals surface area contributed by atoms with Gasteiger partial charge in [0.05, 0.1) is 0 Å². The van der Waals surface area contributed by atoms with Gasteiger partial charge in [-0.25, -0.2) is 9.59 Å². The van der Waals surface area contributed by atoms with E-state index in [9.17, 15) is 9.59 Å². The molecule has 0 saturated carbocycles. The van der Waals surface area contributed by atoms with Crippen LogP contribution in [0.2, 0.25) is 0 Å². The maximum absolute atomic E-state index is 9.25. The van der Waals surface area contributed by atoms with Gasteiger partial charge in [0.25, 0.3) is 0 Å². The highest BCUT2D eigenvalue weighted by Gasteiger charge is 1.90. The number of hydrogen-bond donors (Lipinski definition) is 4. The lowest BCUT2D eigenvalue weighted by Crippen LogP contribution is -1.85. The van der Waals surface area contributed by atoms with Crippen molar-refractivity contribution >= 4 is 11.9 Å². The third-order valence-electron chi connectivity index (χ3n) is 2.42. The summed E-state index contributed by atoms with van der Waals surface area (Å²) in [7, 11) is 0. The molecule has 0 aliphatic carbocycles. The number of carboxylic acid groups (broad SMARTS) is 2. The van der Waals surface area contributed by atoms with E-state index in [0.717, 1.165) is 37.8 Å². The summed E-state index contributed by atoms with van der Waals surface area (Å²) in [5, 5.41) is 32.2. The number of hydrogen-bond acceptors (Lipinski definition) is 4. The third kappa shape index (κ3) is 42.9. The fraction of sp³-hybridized carbons (Fsp3) is 0.625. The van der Waals surface area contributed by atoms with Crippen molar-refractivity contribution in [3.63, 3.8) is 0 Å². The highest BCUT2D eigenvalue weighted by atomic mass is 16.4. The van der Waals surface area contributed by atoms with Crippen molar-refractivity contribution in [2.45, 2.75) is 51.4 Å². The fourth-order valence-corrected chi connectivity index (χ4v) is 1.28. The monoisotopic (exact) mass is 318 g/mol. The van der Waals surface area contributed by atoms with Crippen LogP contribution in [-0.2, 0) is 9.59 Å². The van der Waals surface area contributed by atoms with Gasteiger partial charge in [0, 0.05) is 25.4 Å². The Morgan fingerprint density at radius 1 is 0.636 bits per heavy atom. The van der Waals surface area contributed by atoms with Gasteiger partial charge < -0.3 is 20.4 Å². The molecule has 0 saturated heterocycles. The first-order valence-corrected chi connectivity index (χ1v) is 7.38. The topological polar surface area (TPSA) is 115 Å². The van der Waals surface area contributed by atoms with Gasteiger partial charge in [-0.3, -0.25) is 0 Å². The molecule has 0 fully saturated rings. The number of aliphatic hydroxyl groups excluding tert-OH is 2. The molecule has 22 heavy (non-hydrogen) atoms. The van der Waals surface area contributed by atoms with E-state index in [0.29, 0.717) is 13.2 Å². The van der Waals surface area contributed by atoms with E-state index < -0.39 is 11.9 Å². The Balaban J connectivity index is -0.000000298. The molecule has 0 heterocycles. The van der Waals surface area contributed by atoms with Gasteiger partial charge in [-0.1, -0.05) is 51.7 Å². The number of carbonyl (C=O) groups is 2. The van der Waals surface area contributed by atoms with Gasteiger partial charge in [0.1, 0.15) is 0 Å². The molecule has 4 N–H and O–H groups in total. The minimum atomic E-state index is -0.981. The van der Waals surface area contributed by atoms with Crippen LogP contribution in [0.15, 0.2) is 25.3 Å². The predicted octanol–water partition coefficient (Wildman–Crippen LogP) is 2.61. The lowest BCUT2D eigenvalue weighted by atomic mass is 10.1. The van der Waals surface area contributed by atoms with Crippen molar-refractivity contribution in [2.75, 3.05) is 13.2 Å². The number of aliphatic carboxylic acids is 2. The van der Waals surface area contributed by atoms with E-state index in [-0.39, 0.29) is 0 Å². The molecule has 0 spiro atoms. The smallest absolute Gasteiger partial charge is 0.327 e. The Kier molecular flexibility index (Phi) is 28.0. The Morgan fingerprint density at radius 2 is 0.818 bits per heavy atom. The fourth-order valence-electron chi connectivity index (χ4n) is 1.28. The van der Waals surface area contributed by atoms with E-state index in [1.807, 2.05) is 0 Å². The van der Waals surface area contributed by atoms with Crippen LogP contribution in [0, 0.1) is 0 Å². The minimum Gasteiger partial charge on any atom is -0.478 e. The minimum absolute atomic E-state index is 0.338. The van der Waals surface area contributed by atoms with Gasteiger partial charge in [-0.2, -0.15) is 0 Å². The first-order chi connectivity index (χ1) is 10.5. The number of aliphatic hydroxyl groups is 2. The van der Waals surface area contributed by atoms with Crippen molar-refractivity contribution in [1.82, 2.24) is 0 Å². The van der Waals surface area contributed by atoms with Crippen LogP contribution in [0.1, 0.15) is 51.4 Å². The molecular weight excluding hydrogens is 288 g/mol. The highest BCUT2D eigenvalue weighted by Crippen LogP contribution is 2.07. The van der Waals surface area contributed by atoms with E-state index in [4.69, 9.17) is 20.4 Å². The number of unbranched alkanes of at least 4 members (excludes halogenated alkanes) is 7. The average molecular weight is 318 g/mol. The summed E-state index contributed by atoms with van der Waals surface area (Å²) >= 11 is 0. The molecule has 0 unspecified atom stereocenters. The average Bonchev–Trinajstić information content (AvgIpc) is 2.51. The van der Waals surface area contributed by atoms with Crippen molar-refractivity contribution in [2.24, 2.45) is 0 Å². The summed E-state index contributed by atoms with van der Waals surface area (Å²) in [6.07, 6.45) is 11.0. The molecule has 0 rings (SSSR count). The molecule has 0 bridgehead atoms. The first kappa shape index (κ1) is 25.3. The zero-order valence-electron chi connectivity index (χ0n) is 13.2. The molecular formula is C16H30O6. The second-order valence-corrected chi connectivity index (χ2v) is 4.36. The summed E-state index contributed by atoms with van der Waals surface area (Å²) in [5.74, 6) is -1.96. The van der Waals surface area contributed by atoms with Crippen LogP contribution in [0.25, 0.3) is 0 Å². The van der Waals surface area contributed by atoms with Crippen LogP contribution >= 0.6 is 0 Å². The van der Waals surface area contributed by atoms with Crippen LogP contribution in [-0.4, -0.2) is 45.6 Å². The second-order valence-electron chi connectivity index (χ2n) is 4.36. The Bertz CT molecular complexity index is 248. The van der Waals surface area contributed by atoms with Crippen LogP contribution in [0.4, 0.5) is 0 Å². The quantitative estimate of drug-likeness (QED) is 0.344. The molecule has 0 radical (unpaired) electrons. The predicted molar refractivity (Wildman–Crippen MR) is 86.8 cm³/mol. The molecule has 0 aromatic carbocycles. The van der Waals surface area contributed by atoms with Gasteiger partial charge in [-0.05, 0) is 12.8 Å². The van der Waals surface area contributed by atoms with Crippen LogP contribution in [0.3, 0.4) is 0 Å². The third-order valence-corrected chi connectivity index (χ3v) is 2.42. The standard InChI is InChI=1S/C10H22O2.2C3H4O2/c11-9-7-5-3-1-2-4-6-8-10-12;2*1-2-3(4)5/h11-12H,1-10H2;2*2H,1H2,(H,4,5). The molecule has 6 heteroatoms. The highest BCUT2D eigenvalue weighted by molar-refractivity contribution is 5.79. The summed E-state index contributed by atoms with van der Waals surface area (Å²) in [5.41, 5.74) is 0. The largest absolute Gasteiger partial charge is 0.478 e. The van der Waals surface area contributed by atoms with Crippen LogP contribution in [0.5, 0.6) is 0 Å². The normalized spacial score (nSPS) is 8.64. The zero-order valence-corrected chi connectivity index (χ0v) is 13.2. The Hall–Kier alpha value is -1.66. The van der Waals surface area contributed by atoms with Gasteiger partial charge in [0.15, 0.2) is 0 Å². The molecule has 130 valence electrons. The maximum Gasteiger partial charge on any atom is 0.327 e. The molecule has 0 aliphatic heterocycles. The van der Waals surface area contributed by atoms with Gasteiger partial charge in [0.2, 0.25) is 0 Å². The maximum atomic E-state index is 9.25. The van der Waals surface area contributed by atoms with Crippen LogP contribution < -0.4 is 0 Å². The molecule has 0 aliphatic rings. The van der Waals surface area contributed by atoms with Crippen molar-refractivity contribution in [3.8, 4) is 0 Å². The van der Waals surface area contributed by atoms with Crippen molar-refractivity contribution in [3.05, 3.63) is 25.3 Å². The summed E-state index contributed by atoms with van der Waals surface area (Å²) in [4.78, 5) is 18.5. The lowest BCUT2D eigenvalue weighted by molar-refractivity contribution is -0.132. The van der Waals surface area contributed by atoms with E-state index >= 15 is 0 Å². The Labute approximate surface area is 132 Å². The van der Waals surface area contributed by atoms with Crippen molar-refractivity contribution < 1.29 is 30.0 Å². The van der Waals surface area contributed by atoms with Gasteiger partial charge in [-0.15, -0.1) is 0 Å². The van der Waals surface area contributed by atoms with E-state index in [2.05, 4.69) is 13.2 Å². The molecule has 6 nitrogen and oxygen atoms in total. The van der Waals surface area contributed by atoms with E-state index in [1.165, 1.54) is 25.7 Å². The molecule has 0 aromatic rings. The lowest BCUT2D eigenvalue weighted by Gasteiger charge is -1.99. The summed E-state index contributed by atoms with van der Waals surface area (Å²) in [6.45, 7) is 6.60. The van der Waals surface area contributed by atoms with E-state index in [1.54, 1.807) is 0 Å². The number of carboxylic acids is 2. The Morgan fingerprint density at radius 3 is 0.955 bits per heavy atom. The molecule has 0 atom stereocenters. The zero-order chi connectivity index (χ0) is 17.6. The van der Waals surface area contributed by atoms with Gasteiger partial charge >= 0.3 is 11.9 Å². The second kappa shape index (κ2) is 24.4. The number of rotatable bonds is 11. The summed E-state index contributed by atoms with van der Waals surface area (Å²) < 4.78 is 0. The first-order valence-electron chi connectivity index (χ1n) is 7.38. The molecule has 0 amide bonds. The van der Waals surface area contributed by atoms with Crippen molar-refractivity contribution in [1.29, 1.82) is 0 Å². The SMILES string of the molecule is C=CC(=O)O.C=CC(=O)O.OCCCCCCCCCCO. The molecule has 0 aromatic heterocycles. The summed E-state index contributed by atoms with van der Waals surface area (Å²) in [6, 6.07) is 0.